The Kier molecular flexibility index (Phi) is 4.17. The average molecular weight is 229 g/mol. The zero-order chi connectivity index (χ0) is 12.1. The van der Waals surface area contributed by atoms with Gasteiger partial charge in [-0.3, -0.25) is 0 Å². The zero-order valence-corrected chi connectivity index (χ0v) is 10.1. The molecule has 1 aliphatic rings. The molecule has 90 valence electrons. The van der Waals surface area contributed by atoms with Crippen molar-refractivity contribution < 1.29 is 5.11 Å². The van der Waals surface area contributed by atoms with E-state index in [2.05, 4.69) is 6.07 Å². The maximum Gasteiger partial charge on any atom is 0.0991 e. The van der Waals surface area contributed by atoms with Crippen LogP contribution >= 0.6 is 0 Å². The molecule has 1 unspecified atom stereocenters. The highest BCUT2D eigenvalue weighted by Gasteiger charge is 2.18. The van der Waals surface area contributed by atoms with Gasteiger partial charge in [0.15, 0.2) is 0 Å². The minimum Gasteiger partial charge on any atom is -0.388 e. The van der Waals surface area contributed by atoms with Crippen molar-refractivity contribution in [3.63, 3.8) is 0 Å². The first-order valence-corrected chi connectivity index (χ1v) is 6.47. The molecule has 1 fully saturated rings. The van der Waals surface area contributed by atoms with E-state index in [1.807, 2.05) is 12.1 Å². The van der Waals surface area contributed by atoms with Crippen LogP contribution in [0.25, 0.3) is 0 Å². The van der Waals surface area contributed by atoms with Gasteiger partial charge in [-0.25, -0.2) is 0 Å². The molecule has 0 amide bonds. The number of benzene rings is 1. The molecule has 2 rings (SSSR count). The molecule has 0 spiro atoms. The van der Waals surface area contributed by atoms with Crippen LogP contribution in [-0.4, -0.2) is 5.11 Å². The van der Waals surface area contributed by atoms with Crippen molar-refractivity contribution in [2.24, 2.45) is 5.92 Å². The highest BCUT2D eigenvalue weighted by Crippen LogP contribution is 2.31. The van der Waals surface area contributed by atoms with Gasteiger partial charge in [-0.1, -0.05) is 44.2 Å². The summed E-state index contributed by atoms with van der Waals surface area (Å²) in [6, 6.07) is 9.38. The summed E-state index contributed by atoms with van der Waals surface area (Å²) in [4.78, 5) is 0. The lowest BCUT2D eigenvalue weighted by atomic mass is 9.84. The Hall–Kier alpha value is -1.33. The lowest BCUT2D eigenvalue weighted by Crippen LogP contribution is -2.11. The molecule has 1 aromatic carbocycles. The summed E-state index contributed by atoms with van der Waals surface area (Å²) in [5.41, 5.74) is 1.59. The second kappa shape index (κ2) is 5.84. The molecule has 2 nitrogen and oxygen atoms in total. The molecule has 1 saturated carbocycles. The SMILES string of the molecule is N#Cc1ccc(C(O)CC2CCCCC2)cc1. The molecule has 0 aromatic heterocycles. The number of aliphatic hydroxyl groups excluding tert-OH is 1. The second-order valence-electron chi connectivity index (χ2n) is 4.99. The van der Waals surface area contributed by atoms with E-state index in [0.29, 0.717) is 11.5 Å². The van der Waals surface area contributed by atoms with Crippen LogP contribution in [0.4, 0.5) is 0 Å². The van der Waals surface area contributed by atoms with Crippen LogP contribution in [0.5, 0.6) is 0 Å². The van der Waals surface area contributed by atoms with Gasteiger partial charge in [0.05, 0.1) is 17.7 Å². The molecule has 0 bridgehead atoms. The number of nitriles is 1. The van der Waals surface area contributed by atoms with E-state index in [0.717, 1.165) is 12.0 Å². The minimum absolute atomic E-state index is 0.370. The maximum absolute atomic E-state index is 10.2. The van der Waals surface area contributed by atoms with Crippen LogP contribution < -0.4 is 0 Å². The quantitative estimate of drug-likeness (QED) is 0.861. The molecule has 1 aromatic rings. The van der Waals surface area contributed by atoms with Crippen molar-refractivity contribution in [2.45, 2.75) is 44.6 Å². The van der Waals surface area contributed by atoms with Crippen molar-refractivity contribution in [2.75, 3.05) is 0 Å². The summed E-state index contributed by atoms with van der Waals surface area (Å²) in [6.45, 7) is 0. The molecular formula is C15H19NO. The summed E-state index contributed by atoms with van der Waals surface area (Å²) in [5.74, 6) is 0.675. The van der Waals surface area contributed by atoms with Crippen molar-refractivity contribution in [3.8, 4) is 6.07 Å². The predicted molar refractivity (Wildman–Crippen MR) is 67.3 cm³/mol. The Morgan fingerprint density at radius 2 is 1.82 bits per heavy atom. The maximum atomic E-state index is 10.2. The third-order valence-electron chi connectivity index (χ3n) is 3.71. The summed E-state index contributed by atoms with van der Waals surface area (Å²) < 4.78 is 0. The fourth-order valence-electron chi connectivity index (χ4n) is 2.65. The van der Waals surface area contributed by atoms with Crippen molar-refractivity contribution >= 4 is 0 Å². The topological polar surface area (TPSA) is 44.0 Å². The highest BCUT2D eigenvalue weighted by molar-refractivity contribution is 5.32. The number of rotatable bonds is 3. The molecule has 0 heterocycles. The Morgan fingerprint density at radius 3 is 2.41 bits per heavy atom. The van der Waals surface area contributed by atoms with Crippen molar-refractivity contribution in [3.05, 3.63) is 35.4 Å². The van der Waals surface area contributed by atoms with E-state index in [-0.39, 0.29) is 6.10 Å². The zero-order valence-electron chi connectivity index (χ0n) is 10.1. The lowest BCUT2D eigenvalue weighted by molar-refractivity contribution is 0.131. The van der Waals surface area contributed by atoms with Gasteiger partial charge in [-0.2, -0.15) is 5.26 Å². The van der Waals surface area contributed by atoms with E-state index in [9.17, 15) is 5.11 Å². The van der Waals surface area contributed by atoms with Crippen LogP contribution in [0.15, 0.2) is 24.3 Å². The Labute approximate surface area is 103 Å². The van der Waals surface area contributed by atoms with Crippen LogP contribution in [-0.2, 0) is 0 Å². The third kappa shape index (κ3) is 3.31. The van der Waals surface area contributed by atoms with Crippen LogP contribution in [0.1, 0.15) is 55.8 Å². The Bertz CT molecular complexity index is 384. The summed E-state index contributed by atoms with van der Waals surface area (Å²) in [6.07, 6.45) is 6.98. The number of aliphatic hydroxyl groups is 1. The molecule has 2 heteroatoms. The molecule has 0 saturated heterocycles. The van der Waals surface area contributed by atoms with Crippen LogP contribution in [0.2, 0.25) is 0 Å². The summed E-state index contributed by atoms with van der Waals surface area (Å²) in [7, 11) is 0. The van der Waals surface area contributed by atoms with Crippen LogP contribution in [0.3, 0.4) is 0 Å². The van der Waals surface area contributed by atoms with Gasteiger partial charge in [0, 0.05) is 0 Å². The van der Waals surface area contributed by atoms with E-state index < -0.39 is 0 Å². The lowest BCUT2D eigenvalue weighted by Gasteiger charge is -2.24. The molecule has 1 N–H and O–H groups in total. The molecule has 0 aliphatic heterocycles. The first-order chi connectivity index (χ1) is 8.29. The highest BCUT2D eigenvalue weighted by atomic mass is 16.3. The van der Waals surface area contributed by atoms with Crippen molar-refractivity contribution in [1.29, 1.82) is 5.26 Å². The minimum atomic E-state index is -0.370. The fourth-order valence-corrected chi connectivity index (χ4v) is 2.65. The smallest absolute Gasteiger partial charge is 0.0991 e. The first-order valence-electron chi connectivity index (χ1n) is 6.47. The summed E-state index contributed by atoms with van der Waals surface area (Å²) in [5, 5.41) is 18.9. The van der Waals surface area contributed by atoms with E-state index in [4.69, 9.17) is 5.26 Å². The van der Waals surface area contributed by atoms with Gasteiger partial charge in [0.1, 0.15) is 0 Å². The van der Waals surface area contributed by atoms with Gasteiger partial charge in [-0.05, 0) is 30.0 Å². The Morgan fingerprint density at radius 1 is 1.18 bits per heavy atom. The number of hydrogen-bond donors (Lipinski definition) is 1. The largest absolute Gasteiger partial charge is 0.388 e. The normalized spacial score (nSPS) is 18.6. The van der Waals surface area contributed by atoms with Gasteiger partial charge in [0.25, 0.3) is 0 Å². The third-order valence-corrected chi connectivity index (χ3v) is 3.71. The second-order valence-corrected chi connectivity index (χ2v) is 4.99. The van der Waals surface area contributed by atoms with Gasteiger partial charge in [-0.15, -0.1) is 0 Å². The molecule has 0 radical (unpaired) electrons. The van der Waals surface area contributed by atoms with E-state index in [1.165, 1.54) is 32.1 Å². The van der Waals surface area contributed by atoms with E-state index >= 15 is 0 Å². The predicted octanol–water partition coefficient (Wildman–Crippen LogP) is 3.56. The average Bonchev–Trinajstić information content (AvgIpc) is 2.40. The van der Waals surface area contributed by atoms with Crippen LogP contribution in [0, 0.1) is 17.2 Å². The number of hydrogen-bond acceptors (Lipinski definition) is 2. The monoisotopic (exact) mass is 229 g/mol. The first kappa shape index (κ1) is 12.1. The van der Waals surface area contributed by atoms with Gasteiger partial charge >= 0.3 is 0 Å². The molecule has 1 aliphatic carbocycles. The van der Waals surface area contributed by atoms with Gasteiger partial charge in [0.2, 0.25) is 0 Å². The standard InChI is InChI=1S/C15H19NO/c16-11-13-6-8-14(9-7-13)15(17)10-12-4-2-1-3-5-12/h6-9,12,15,17H,1-5,10H2. The Balaban J connectivity index is 1.94. The number of nitrogens with zero attached hydrogens (tertiary/aromatic N) is 1. The van der Waals surface area contributed by atoms with Gasteiger partial charge < -0.3 is 5.11 Å². The molecular weight excluding hydrogens is 210 g/mol. The van der Waals surface area contributed by atoms with Crippen molar-refractivity contribution in [1.82, 2.24) is 0 Å². The van der Waals surface area contributed by atoms with E-state index in [1.54, 1.807) is 12.1 Å². The molecule has 1 atom stereocenters. The summed E-state index contributed by atoms with van der Waals surface area (Å²) >= 11 is 0. The molecule has 17 heavy (non-hydrogen) atoms. The fraction of sp³-hybridized carbons (Fsp3) is 0.533.